The molecule has 0 spiro atoms. The van der Waals surface area contributed by atoms with Crippen LogP contribution in [0.3, 0.4) is 0 Å². The van der Waals surface area contributed by atoms with Crippen molar-refractivity contribution in [1.82, 2.24) is 4.90 Å². The number of carbonyl (C=O) groups excluding carboxylic acids is 1. The Hall–Kier alpha value is -3.25. The number of para-hydroxylation sites is 1. The van der Waals surface area contributed by atoms with Gasteiger partial charge in [-0.15, -0.1) is 0 Å². The van der Waals surface area contributed by atoms with E-state index < -0.39 is 22.7 Å². The highest BCUT2D eigenvalue weighted by atomic mass is 19.4. The molecule has 9 heteroatoms. The molecule has 2 fully saturated rings. The summed E-state index contributed by atoms with van der Waals surface area (Å²) in [5.74, 6) is 0.658. The predicted molar refractivity (Wildman–Crippen MR) is 124 cm³/mol. The van der Waals surface area contributed by atoms with Crippen LogP contribution in [0.2, 0.25) is 0 Å². The van der Waals surface area contributed by atoms with E-state index in [1.807, 2.05) is 30.0 Å². The molecule has 0 bridgehead atoms. The van der Waals surface area contributed by atoms with Crippen LogP contribution in [0.25, 0.3) is 0 Å². The van der Waals surface area contributed by atoms with Gasteiger partial charge in [-0.2, -0.15) is 18.4 Å². The van der Waals surface area contributed by atoms with E-state index in [4.69, 9.17) is 14.7 Å². The molecule has 2 unspecified atom stereocenters. The number of nitrogens with zero attached hydrogens (tertiary/aromatic N) is 3. The van der Waals surface area contributed by atoms with E-state index in [1.54, 1.807) is 29.2 Å². The third kappa shape index (κ3) is 5.38. The lowest BCUT2D eigenvalue weighted by Gasteiger charge is -2.43. The fourth-order valence-electron chi connectivity index (χ4n) is 5.12. The SMILES string of the molecule is CCOCC12CN(C(=O)COc3ccccc3)CCC1CN(c1ccc(C#N)c(C(F)(F)F)c1)C2. The molecule has 0 aromatic heterocycles. The second-order valence-corrected chi connectivity index (χ2v) is 9.12. The van der Waals surface area contributed by atoms with E-state index in [0.717, 1.165) is 12.5 Å². The smallest absolute Gasteiger partial charge is 0.417 e. The first-order chi connectivity index (χ1) is 16.8. The number of carbonyl (C=O) groups is 1. The number of nitriles is 1. The molecule has 35 heavy (non-hydrogen) atoms. The normalized spacial score (nSPS) is 22.0. The van der Waals surface area contributed by atoms with Crippen molar-refractivity contribution in [3.05, 3.63) is 59.7 Å². The van der Waals surface area contributed by atoms with Crippen molar-refractivity contribution in [2.45, 2.75) is 19.5 Å². The minimum Gasteiger partial charge on any atom is -0.484 e. The fraction of sp³-hybridized carbons (Fsp3) is 0.462. The lowest BCUT2D eigenvalue weighted by atomic mass is 9.74. The van der Waals surface area contributed by atoms with Gasteiger partial charge in [-0.1, -0.05) is 18.2 Å². The molecule has 2 aromatic carbocycles. The first-order valence-corrected chi connectivity index (χ1v) is 11.7. The lowest BCUT2D eigenvalue weighted by molar-refractivity contribution is -0.139. The quantitative estimate of drug-likeness (QED) is 0.581. The van der Waals surface area contributed by atoms with Crippen LogP contribution in [0.15, 0.2) is 48.5 Å². The van der Waals surface area contributed by atoms with Crippen molar-refractivity contribution in [3.63, 3.8) is 0 Å². The second-order valence-electron chi connectivity index (χ2n) is 9.12. The van der Waals surface area contributed by atoms with Gasteiger partial charge in [-0.25, -0.2) is 0 Å². The van der Waals surface area contributed by atoms with Gasteiger partial charge >= 0.3 is 6.18 Å². The maximum atomic E-state index is 13.5. The highest BCUT2D eigenvalue weighted by molar-refractivity contribution is 5.78. The summed E-state index contributed by atoms with van der Waals surface area (Å²) in [6.45, 7) is 4.79. The number of hydrogen-bond acceptors (Lipinski definition) is 5. The van der Waals surface area contributed by atoms with E-state index in [9.17, 15) is 18.0 Å². The average molecular weight is 488 g/mol. The Morgan fingerprint density at radius 2 is 1.97 bits per heavy atom. The van der Waals surface area contributed by atoms with Crippen LogP contribution >= 0.6 is 0 Å². The average Bonchev–Trinajstić information content (AvgIpc) is 3.25. The maximum absolute atomic E-state index is 13.5. The van der Waals surface area contributed by atoms with Crippen LogP contribution in [0.5, 0.6) is 5.75 Å². The number of alkyl halides is 3. The first-order valence-electron chi connectivity index (χ1n) is 11.7. The third-order valence-corrected chi connectivity index (χ3v) is 6.91. The van der Waals surface area contributed by atoms with Crippen molar-refractivity contribution in [2.75, 3.05) is 50.9 Å². The van der Waals surface area contributed by atoms with Gasteiger partial charge in [0.1, 0.15) is 5.75 Å². The molecular weight excluding hydrogens is 459 g/mol. The topological polar surface area (TPSA) is 65.8 Å². The zero-order chi connectivity index (χ0) is 25.1. The van der Waals surface area contributed by atoms with Crippen molar-refractivity contribution in [2.24, 2.45) is 11.3 Å². The first kappa shape index (κ1) is 24.9. The number of anilines is 1. The zero-order valence-corrected chi connectivity index (χ0v) is 19.6. The minimum atomic E-state index is -4.61. The van der Waals surface area contributed by atoms with Crippen LogP contribution in [0.1, 0.15) is 24.5 Å². The van der Waals surface area contributed by atoms with E-state index in [2.05, 4.69) is 0 Å². The van der Waals surface area contributed by atoms with Crippen molar-refractivity contribution in [3.8, 4) is 11.8 Å². The molecule has 2 aliphatic rings. The Morgan fingerprint density at radius 1 is 1.20 bits per heavy atom. The Kier molecular flexibility index (Phi) is 7.22. The number of hydrogen-bond donors (Lipinski definition) is 0. The van der Waals surface area contributed by atoms with Crippen LogP contribution in [0, 0.1) is 22.7 Å². The van der Waals surface area contributed by atoms with E-state index >= 15 is 0 Å². The number of halogens is 3. The van der Waals surface area contributed by atoms with Gasteiger partial charge in [0.2, 0.25) is 0 Å². The summed E-state index contributed by atoms with van der Waals surface area (Å²) in [5, 5.41) is 9.11. The molecule has 4 rings (SSSR count). The van der Waals surface area contributed by atoms with Crippen LogP contribution in [-0.4, -0.2) is 56.8 Å². The number of amides is 1. The molecule has 0 aliphatic carbocycles. The molecule has 2 aromatic rings. The largest absolute Gasteiger partial charge is 0.484 e. The fourth-order valence-corrected chi connectivity index (χ4v) is 5.12. The predicted octanol–water partition coefficient (Wildman–Crippen LogP) is 4.35. The molecule has 0 saturated carbocycles. The second kappa shape index (κ2) is 10.2. The molecule has 6 nitrogen and oxygen atoms in total. The third-order valence-electron chi connectivity index (χ3n) is 6.91. The number of piperidine rings is 1. The van der Waals surface area contributed by atoms with Crippen LogP contribution < -0.4 is 9.64 Å². The van der Waals surface area contributed by atoms with Crippen molar-refractivity contribution in [1.29, 1.82) is 5.26 Å². The Balaban J connectivity index is 1.52. The van der Waals surface area contributed by atoms with Gasteiger partial charge in [0.25, 0.3) is 5.91 Å². The van der Waals surface area contributed by atoms with Gasteiger partial charge in [0.05, 0.1) is 23.8 Å². The summed E-state index contributed by atoms with van der Waals surface area (Å²) in [7, 11) is 0. The molecule has 2 saturated heterocycles. The van der Waals surface area contributed by atoms with Gasteiger partial charge in [0, 0.05) is 43.9 Å². The summed E-state index contributed by atoms with van der Waals surface area (Å²) < 4.78 is 52.0. The summed E-state index contributed by atoms with van der Waals surface area (Å²) in [6.07, 6.45) is -3.89. The van der Waals surface area contributed by atoms with E-state index in [1.165, 1.54) is 6.07 Å². The van der Waals surface area contributed by atoms with Crippen LogP contribution in [0.4, 0.5) is 18.9 Å². The Morgan fingerprint density at radius 3 is 2.66 bits per heavy atom. The highest BCUT2D eigenvalue weighted by Crippen LogP contribution is 2.45. The van der Waals surface area contributed by atoms with E-state index in [0.29, 0.717) is 50.8 Å². The number of benzene rings is 2. The van der Waals surface area contributed by atoms with Crippen LogP contribution in [-0.2, 0) is 15.7 Å². The minimum absolute atomic E-state index is 0.0757. The van der Waals surface area contributed by atoms with Gasteiger partial charge in [0.15, 0.2) is 6.61 Å². The lowest BCUT2D eigenvalue weighted by Crippen LogP contribution is -2.54. The van der Waals surface area contributed by atoms with Gasteiger partial charge in [-0.05, 0) is 49.6 Å². The van der Waals surface area contributed by atoms with Gasteiger partial charge in [-0.3, -0.25) is 4.79 Å². The van der Waals surface area contributed by atoms with Crippen molar-refractivity contribution >= 4 is 11.6 Å². The Labute approximate surface area is 202 Å². The number of likely N-dealkylation sites (tertiary alicyclic amines) is 1. The molecule has 2 atom stereocenters. The zero-order valence-electron chi connectivity index (χ0n) is 19.6. The standard InChI is InChI=1S/C26H28F3N3O3/c1-2-34-18-25-16-31(24(33)15-35-22-6-4-3-5-7-22)11-10-20(25)14-32(17-25)21-9-8-19(13-30)23(12-21)26(27,28)29/h3-9,12,20H,2,10-11,14-18H2,1H3. The Bertz CT molecular complexity index is 1090. The molecule has 0 N–H and O–H groups in total. The number of rotatable bonds is 7. The van der Waals surface area contributed by atoms with Crippen molar-refractivity contribution < 1.29 is 27.4 Å². The van der Waals surface area contributed by atoms with E-state index in [-0.39, 0.29) is 18.4 Å². The molecular formula is C26H28F3N3O3. The maximum Gasteiger partial charge on any atom is 0.417 e. The number of fused-ring (bicyclic) bond motifs is 1. The summed E-state index contributed by atoms with van der Waals surface area (Å²) in [5.41, 5.74) is -1.30. The summed E-state index contributed by atoms with van der Waals surface area (Å²) >= 11 is 0. The summed E-state index contributed by atoms with van der Waals surface area (Å²) in [6, 6.07) is 14.6. The molecule has 2 aliphatic heterocycles. The highest BCUT2D eigenvalue weighted by Gasteiger charge is 2.51. The molecule has 1 amide bonds. The molecule has 186 valence electrons. The molecule has 2 heterocycles. The molecule has 0 radical (unpaired) electrons. The van der Waals surface area contributed by atoms with Gasteiger partial charge < -0.3 is 19.3 Å². The summed E-state index contributed by atoms with van der Waals surface area (Å²) in [4.78, 5) is 16.6. The monoisotopic (exact) mass is 487 g/mol. The number of ether oxygens (including phenoxy) is 2.